The maximum absolute atomic E-state index is 14.0. The van der Waals surface area contributed by atoms with Gasteiger partial charge < -0.3 is 0 Å². The van der Waals surface area contributed by atoms with Crippen LogP contribution in [0.5, 0.6) is 0 Å². The van der Waals surface area contributed by atoms with Gasteiger partial charge in [-0.2, -0.15) is 0 Å². The number of ketones is 1. The third kappa shape index (κ3) is 2.11. The number of carbonyl (C=O) groups excluding carboxylic acids is 1. The molecule has 2 heterocycles. The van der Waals surface area contributed by atoms with Crippen LogP contribution in [0.1, 0.15) is 47.1 Å². The lowest BCUT2D eigenvalue weighted by Gasteiger charge is -2.11. The Morgan fingerprint density at radius 3 is 2.80 bits per heavy atom. The molecule has 0 saturated carbocycles. The molecule has 1 aliphatic rings. The summed E-state index contributed by atoms with van der Waals surface area (Å²) in [7, 11) is 0. The van der Waals surface area contributed by atoms with Crippen LogP contribution in [-0.2, 0) is 0 Å². The topological polar surface area (TPSA) is 47.8 Å². The van der Waals surface area contributed by atoms with Crippen molar-refractivity contribution in [1.29, 1.82) is 0 Å². The number of alkyl halides is 2. The van der Waals surface area contributed by atoms with Crippen LogP contribution < -0.4 is 0 Å². The number of carbonyl (C=O) groups is 1. The number of hydrogen-bond acceptors (Lipinski definition) is 3. The SMILES string of the molecule is O=C(CCF)c1nc2n(n1)[C@@H](c1ccccc1)C[C@H]2F. The summed E-state index contributed by atoms with van der Waals surface area (Å²) < 4.78 is 27.6. The van der Waals surface area contributed by atoms with E-state index in [1.807, 2.05) is 30.3 Å². The summed E-state index contributed by atoms with van der Waals surface area (Å²) >= 11 is 0. The largest absolute Gasteiger partial charge is 0.290 e. The predicted molar refractivity (Wildman–Crippen MR) is 68.0 cm³/mol. The van der Waals surface area contributed by atoms with Crippen LogP contribution in [0.2, 0.25) is 0 Å². The molecule has 0 saturated heterocycles. The van der Waals surface area contributed by atoms with Gasteiger partial charge >= 0.3 is 0 Å². The fraction of sp³-hybridized carbons (Fsp3) is 0.357. The first kappa shape index (κ1) is 12.9. The average molecular weight is 277 g/mol. The minimum Gasteiger partial charge on any atom is -0.290 e. The summed E-state index contributed by atoms with van der Waals surface area (Å²) in [6.45, 7) is -0.760. The van der Waals surface area contributed by atoms with Gasteiger partial charge in [0.05, 0.1) is 12.7 Å². The normalized spacial score (nSPS) is 20.9. The highest BCUT2D eigenvalue weighted by molar-refractivity contribution is 5.92. The Morgan fingerprint density at radius 1 is 1.35 bits per heavy atom. The summed E-state index contributed by atoms with van der Waals surface area (Å²) in [5.74, 6) is -0.435. The predicted octanol–water partition coefficient (Wildman–Crippen LogP) is 2.82. The Kier molecular flexibility index (Phi) is 3.30. The number of Topliss-reactive ketones (excluding diaryl/α,β-unsaturated/α-hetero) is 1. The molecule has 20 heavy (non-hydrogen) atoms. The van der Waals surface area contributed by atoms with E-state index < -0.39 is 18.6 Å². The Bertz CT molecular complexity index is 627. The fourth-order valence-corrected chi connectivity index (χ4v) is 2.45. The highest BCUT2D eigenvalue weighted by Gasteiger charge is 2.36. The molecule has 0 fully saturated rings. The van der Waals surface area contributed by atoms with E-state index in [0.717, 1.165) is 5.56 Å². The minimum absolute atomic E-state index is 0.0964. The first-order chi connectivity index (χ1) is 9.70. The van der Waals surface area contributed by atoms with E-state index in [0.29, 0.717) is 0 Å². The van der Waals surface area contributed by atoms with Gasteiger partial charge in [-0.15, -0.1) is 5.10 Å². The highest BCUT2D eigenvalue weighted by atomic mass is 19.1. The number of fused-ring (bicyclic) bond motifs is 1. The smallest absolute Gasteiger partial charge is 0.217 e. The molecule has 1 aromatic heterocycles. The zero-order valence-electron chi connectivity index (χ0n) is 10.7. The standard InChI is InChI=1S/C14H13F2N3O/c15-7-6-12(20)13-17-14-10(16)8-11(19(14)18-13)9-4-2-1-3-5-9/h1-5,10-11H,6-8H2/t10-,11-/m1/s1. The second-order valence-corrected chi connectivity index (χ2v) is 4.73. The van der Waals surface area contributed by atoms with Crippen LogP contribution in [0.15, 0.2) is 30.3 Å². The number of halogens is 2. The number of hydrogen-bond donors (Lipinski definition) is 0. The van der Waals surface area contributed by atoms with Gasteiger partial charge in [0.15, 0.2) is 12.0 Å². The summed E-state index contributed by atoms with van der Waals surface area (Å²) in [6, 6.07) is 9.12. The molecule has 2 atom stereocenters. The van der Waals surface area contributed by atoms with E-state index in [4.69, 9.17) is 0 Å². The summed E-state index contributed by atoms with van der Waals surface area (Å²) in [4.78, 5) is 15.5. The van der Waals surface area contributed by atoms with E-state index in [1.165, 1.54) is 4.68 Å². The van der Waals surface area contributed by atoms with Gasteiger partial charge in [0.25, 0.3) is 0 Å². The van der Waals surface area contributed by atoms with E-state index in [2.05, 4.69) is 10.1 Å². The van der Waals surface area contributed by atoms with Crippen molar-refractivity contribution in [3.8, 4) is 0 Å². The van der Waals surface area contributed by atoms with E-state index in [9.17, 15) is 13.6 Å². The molecular weight excluding hydrogens is 264 g/mol. The molecule has 0 N–H and O–H groups in total. The van der Waals surface area contributed by atoms with Gasteiger partial charge in [-0.25, -0.2) is 14.1 Å². The lowest BCUT2D eigenvalue weighted by molar-refractivity contribution is 0.0963. The Hall–Kier alpha value is -2.11. The zero-order chi connectivity index (χ0) is 14.1. The van der Waals surface area contributed by atoms with Crippen molar-refractivity contribution < 1.29 is 13.6 Å². The monoisotopic (exact) mass is 277 g/mol. The average Bonchev–Trinajstić information content (AvgIpc) is 3.01. The lowest BCUT2D eigenvalue weighted by atomic mass is 10.0. The minimum atomic E-state index is -1.25. The molecule has 2 aromatic rings. The second kappa shape index (κ2) is 5.11. The van der Waals surface area contributed by atoms with Crippen LogP contribution in [0.25, 0.3) is 0 Å². The second-order valence-electron chi connectivity index (χ2n) is 4.73. The molecule has 1 aromatic carbocycles. The summed E-state index contributed by atoms with van der Waals surface area (Å²) in [5.41, 5.74) is 0.920. The van der Waals surface area contributed by atoms with Crippen molar-refractivity contribution in [2.24, 2.45) is 0 Å². The quantitative estimate of drug-likeness (QED) is 0.807. The van der Waals surface area contributed by atoms with Crippen LogP contribution in [0.4, 0.5) is 8.78 Å². The Labute approximate surface area is 114 Å². The first-order valence-corrected chi connectivity index (χ1v) is 6.45. The molecule has 0 aliphatic carbocycles. The van der Waals surface area contributed by atoms with Gasteiger partial charge in [-0.3, -0.25) is 9.18 Å². The van der Waals surface area contributed by atoms with Crippen LogP contribution in [-0.4, -0.2) is 27.2 Å². The van der Waals surface area contributed by atoms with Crippen molar-refractivity contribution >= 4 is 5.78 Å². The Morgan fingerprint density at radius 2 is 2.10 bits per heavy atom. The molecule has 3 rings (SSSR count). The number of nitrogens with zero attached hydrogens (tertiary/aromatic N) is 3. The van der Waals surface area contributed by atoms with Crippen molar-refractivity contribution in [2.75, 3.05) is 6.67 Å². The van der Waals surface area contributed by atoms with E-state index in [1.54, 1.807) is 0 Å². The Balaban J connectivity index is 1.96. The summed E-state index contributed by atoms with van der Waals surface area (Å²) in [6.07, 6.45) is -1.26. The maximum atomic E-state index is 14.0. The fourth-order valence-electron chi connectivity index (χ4n) is 2.45. The lowest BCUT2D eigenvalue weighted by Crippen LogP contribution is -2.10. The molecular formula is C14H13F2N3O. The molecule has 104 valence electrons. The molecule has 0 radical (unpaired) electrons. The van der Waals surface area contributed by atoms with Crippen LogP contribution >= 0.6 is 0 Å². The zero-order valence-corrected chi connectivity index (χ0v) is 10.7. The van der Waals surface area contributed by atoms with Crippen molar-refractivity contribution in [2.45, 2.75) is 25.1 Å². The van der Waals surface area contributed by atoms with Gasteiger partial charge in [0.2, 0.25) is 11.6 Å². The van der Waals surface area contributed by atoms with Crippen LogP contribution in [0, 0.1) is 0 Å². The number of rotatable bonds is 4. The molecule has 0 bridgehead atoms. The van der Waals surface area contributed by atoms with Gasteiger partial charge in [0.1, 0.15) is 0 Å². The highest BCUT2D eigenvalue weighted by Crippen LogP contribution is 2.39. The third-order valence-electron chi connectivity index (χ3n) is 3.42. The van der Waals surface area contributed by atoms with Crippen molar-refractivity contribution in [3.63, 3.8) is 0 Å². The first-order valence-electron chi connectivity index (χ1n) is 6.45. The summed E-state index contributed by atoms with van der Waals surface area (Å²) in [5, 5.41) is 4.07. The molecule has 1 aliphatic heterocycles. The molecule has 4 nitrogen and oxygen atoms in total. The van der Waals surface area contributed by atoms with E-state index in [-0.39, 0.29) is 30.5 Å². The maximum Gasteiger partial charge on any atom is 0.217 e. The van der Waals surface area contributed by atoms with Gasteiger partial charge in [-0.1, -0.05) is 30.3 Å². The number of aromatic nitrogens is 3. The molecule has 0 amide bonds. The number of benzene rings is 1. The molecule has 0 spiro atoms. The molecule has 6 heteroatoms. The van der Waals surface area contributed by atoms with Gasteiger partial charge in [0, 0.05) is 12.8 Å². The van der Waals surface area contributed by atoms with Crippen molar-refractivity contribution in [3.05, 3.63) is 47.5 Å². The third-order valence-corrected chi connectivity index (χ3v) is 3.42. The molecule has 0 unspecified atom stereocenters. The van der Waals surface area contributed by atoms with Crippen LogP contribution in [0.3, 0.4) is 0 Å². The van der Waals surface area contributed by atoms with Crippen molar-refractivity contribution in [1.82, 2.24) is 14.8 Å². The van der Waals surface area contributed by atoms with E-state index >= 15 is 0 Å². The van der Waals surface area contributed by atoms with Gasteiger partial charge in [-0.05, 0) is 5.56 Å².